The number of fused-ring (bicyclic) bond motifs is 1. The monoisotopic (exact) mass is 439 g/mol. The standard InChI is InChI=1S/C20H21ClF3N5O/c1-25-14-7-11(6-13(8-14)20(22,23)24)9-26-17-15-10-29(18(30)12-2-3-12)5-4-16(15)27-19(21)28-17/h6-8,12,25H,2-5,9-10H2,1H3,(H,26,27,28). The van der Waals surface area contributed by atoms with Crippen molar-refractivity contribution in [2.45, 2.75) is 38.5 Å². The number of carbonyl (C=O) groups is 1. The first-order valence-electron chi connectivity index (χ1n) is 9.71. The number of hydrogen-bond acceptors (Lipinski definition) is 5. The van der Waals surface area contributed by atoms with Crippen molar-refractivity contribution in [1.29, 1.82) is 0 Å². The summed E-state index contributed by atoms with van der Waals surface area (Å²) in [5, 5.41) is 5.92. The molecule has 0 unspecified atom stereocenters. The first kappa shape index (κ1) is 20.7. The summed E-state index contributed by atoms with van der Waals surface area (Å²) >= 11 is 6.05. The molecule has 0 saturated heterocycles. The molecule has 30 heavy (non-hydrogen) atoms. The van der Waals surface area contributed by atoms with Gasteiger partial charge in [-0.1, -0.05) is 0 Å². The van der Waals surface area contributed by atoms with Crippen LogP contribution in [0.3, 0.4) is 0 Å². The van der Waals surface area contributed by atoms with E-state index in [9.17, 15) is 18.0 Å². The first-order valence-corrected chi connectivity index (χ1v) is 10.1. The van der Waals surface area contributed by atoms with Crippen LogP contribution in [0.5, 0.6) is 0 Å². The van der Waals surface area contributed by atoms with Gasteiger partial charge in [0.2, 0.25) is 11.2 Å². The van der Waals surface area contributed by atoms with Gasteiger partial charge in [0.15, 0.2) is 0 Å². The highest BCUT2D eigenvalue weighted by atomic mass is 35.5. The zero-order valence-electron chi connectivity index (χ0n) is 16.3. The third-order valence-electron chi connectivity index (χ3n) is 5.34. The quantitative estimate of drug-likeness (QED) is 0.686. The minimum Gasteiger partial charge on any atom is -0.388 e. The minimum atomic E-state index is -4.44. The van der Waals surface area contributed by atoms with Crippen LogP contribution in [0.15, 0.2) is 18.2 Å². The average molecular weight is 440 g/mol. The molecule has 1 fully saturated rings. The third-order valence-corrected chi connectivity index (χ3v) is 5.51. The van der Waals surface area contributed by atoms with Gasteiger partial charge < -0.3 is 15.5 Å². The van der Waals surface area contributed by atoms with E-state index < -0.39 is 11.7 Å². The van der Waals surface area contributed by atoms with Crippen LogP contribution in [0, 0.1) is 5.92 Å². The number of anilines is 2. The van der Waals surface area contributed by atoms with Gasteiger partial charge in [-0.05, 0) is 48.2 Å². The van der Waals surface area contributed by atoms with Crippen LogP contribution in [-0.4, -0.2) is 34.4 Å². The van der Waals surface area contributed by atoms with E-state index >= 15 is 0 Å². The Kier molecular flexibility index (Phi) is 5.48. The van der Waals surface area contributed by atoms with Gasteiger partial charge in [-0.15, -0.1) is 0 Å². The van der Waals surface area contributed by atoms with E-state index in [0.717, 1.165) is 36.2 Å². The Balaban J connectivity index is 1.57. The fourth-order valence-corrected chi connectivity index (χ4v) is 3.78. The molecule has 1 aromatic carbocycles. The molecule has 2 heterocycles. The van der Waals surface area contributed by atoms with Crippen molar-refractivity contribution in [3.63, 3.8) is 0 Å². The van der Waals surface area contributed by atoms with Crippen molar-refractivity contribution in [2.24, 2.45) is 5.92 Å². The molecule has 160 valence electrons. The molecule has 0 bridgehead atoms. The lowest BCUT2D eigenvalue weighted by Crippen LogP contribution is -2.37. The molecule has 0 spiro atoms. The molecule has 0 atom stereocenters. The van der Waals surface area contributed by atoms with E-state index in [4.69, 9.17) is 11.6 Å². The summed E-state index contributed by atoms with van der Waals surface area (Å²) in [4.78, 5) is 22.8. The van der Waals surface area contributed by atoms with Gasteiger partial charge >= 0.3 is 6.18 Å². The van der Waals surface area contributed by atoms with Crippen LogP contribution in [0.1, 0.15) is 35.2 Å². The Morgan fingerprint density at radius 2 is 2.03 bits per heavy atom. The highest BCUT2D eigenvalue weighted by molar-refractivity contribution is 6.28. The lowest BCUT2D eigenvalue weighted by Gasteiger charge is -2.29. The second-order valence-electron chi connectivity index (χ2n) is 7.57. The van der Waals surface area contributed by atoms with E-state index in [1.807, 2.05) is 0 Å². The highest BCUT2D eigenvalue weighted by Crippen LogP contribution is 2.35. The molecule has 2 aromatic rings. The maximum Gasteiger partial charge on any atom is 0.416 e. The summed E-state index contributed by atoms with van der Waals surface area (Å²) in [6.07, 6.45) is -2.03. The summed E-state index contributed by atoms with van der Waals surface area (Å²) in [5.41, 5.74) is 1.61. The summed E-state index contributed by atoms with van der Waals surface area (Å²) in [7, 11) is 1.57. The average Bonchev–Trinajstić information content (AvgIpc) is 3.55. The van der Waals surface area contributed by atoms with Gasteiger partial charge in [-0.25, -0.2) is 9.97 Å². The molecule has 1 aromatic heterocycles. The van der Waals surface area contributed by atoms with Crippen molar-refractivity contribution in [3.05, 3.63) is 45.9 Å². The molecular weight excluding hydrogens is 419 g/mol. The predicted octanol–water partition coefficient (Wildman–Crippen LogP) is 4.10. The number of nitrogens with one attached hydrogen (secondary N) is 2. The van der Waals surface area contributed by atoms with Gasteiger partial charge in [-0.3, -0.25) is 4.79 Å². The van der Waals surface area contributed by atoms with Gasteiger partial charge in [0.25, 0.3) is 0 Å². The molecule has 1 saturated carbocycles. The summed E-state index contributed by atoms with van der Waals surface area (Å²) < 4.78 is 39.6. The largest absolute Gasteiger partial charge is 0.416 e. The van der Waals surface area contributed by atoms with Crippen LogP contribution >= 0.6 is 11.6 Å². The molecule has 4 rings (SSSR count). The number of amides is 1. The lowest BCUT2D eigenvalue weighted by atomic mass is 10.0. The molecule has 0 radical (unpaired) electrons. The molecule has 1 aliphatic carbocycles. The highest BCUT2D eigenvalue weighted by Gasteiger charge is 2.35. The Labute approximate surface area is 176 Å². The fourth-order valence-electron chi connectivity index (χ4n) is 3.59. The second kappa shape index (κ2) is 7.94. The molecule has 2 aliphatic rings. The maximum atomic E-state index is 13.2. The fraction of sp³-hybridized carbons (Fsp3) is 0.450. The van der Waals surface area contributed by atoms with Gasteiger partial charge in [0, 0.05) is 43.7 Å². The Morgan fingerprint density at radius 3 is 2.70 bits per heavy atom. The van der Waals surface area contributed by atoms with E-state index in [0.29, 0.717) is 36.6 Å². The van der Waals surface area contributed by atoms with Crippen molar-refractivity contribution >= 4 is 29.0 Å². The molecular formula is C20H21ClF3N5O. The number of rotatable bonds is 5. The third kappa shape index (κ3) is 4.45. The number of alkyl halides is 3. The smallest absolute Gasteiger partial charge is 0.388 e. The van der Waals surface area contributed by atoms with Crippen LogP contribution < -0.4 is 10.6 Å². The summed E-state index contributed by atoms with van der Waals surface area (Å²) in [6, 6.07) is 3.81. The Hall–Kier alpha value is -2.55. The SMILES string of the molecule is CNc1cc(CNc2nc(Cl)nc3c2CN(C(=O)C2CC2)CC3)cc(C(F)(F)F)c1. The zero-order chi connectivity index (χ0) is 21.5. The molecule has 1 aliphatic heterocycles. The number of aromatic nitrogens is 2. The molecule has 10 heteroatoms. The molecule has 2 N–H and O–H groups in total. The number of nitrogens with zero attached hydrogens (tertiary/aromatic N) is 3. The second-order valence-corrected chi connectivity index (χ2v) is 7.91. The Morgan fingerprint density at radius 1 is 1.27 bits per heavy atom. The van der Waals surface area contributed by atoms with Gasteiger partial charge in [0.05, 0.1) is 17.8 Å². The number of benzene rings is 1. The van der Waals surface area contributed by atoms with Crippen LogP contribution in [0.25, 0.3) is 0 Å². The van der Waals surface area contributed by atoms with Crippen molar-refractivity contribution in [3.8, 4) is 0 Å². The van der Waals surface area contributed by atoms with Crippen molar-refractivity contribution in [2.75, 3.05) is 24.2 Å². The van der Waals surface area contributed by atoms with Crippen molar-refractivity contribution in [1.82, 2.24) is 14.9 Å². The van der Waals surface area contributed by atoms with Crippen LogP contribution in [0.2, 0.25) is 5.28 Å². The van der Waals surface area contributed by atoms with E-state index in [1.165, 1.54) is 0 Å². The van der Waals surface area contributed by atoms with E-state index in [2.05, 4.69) is 20.6 Å². The predicted molar refractivity (Wildman–Crippen MR) is 107 cm³/mol. The van der Waals surface area contributed by atoms with Crippen molar-refractivity contribution < 1.29 is 18.0 Å². The zero-order valence-corrected chi connectivity index (χ0v) is 17.1. The minimum absolute atomic E-state index is 0.0678. The van der Waals surface area contributed by atoms with Gasteiger partial charge in [-0.2, -0.15) is 13.2 Å². The summed E-state index contributed by atoms with van der Waals surface area (Å²) in [5.74, 6) is 0.695. The van der Waals surface area contributed by atoms with Gasteiger partial charge in [0.1, 0.15) is 5.82 Å². The van der Waals surface area contributed by atoms with Crippen LogP contribution in [-0.2, 0) is 30.5 Å². The number of hydrogen-bond donors (Lipinski definition) is 2. The number of carbonyl (C=O) groups excluding carboxylic acids is 1. The lowest BCUT2D eigenvalue weighted by molar-refractivity contribution is -0.137. The first-order chi connectivity index (χ1) is 14.2. The molecule has 6 nitrogen and oxygen atoms in total. The van der Waals surface area contributed by atoms with E-state index in [1.54, 1.807) is 18.0 Å². The van der Waals surface area contributed by atoms with Crippen LogP contribution in [0.4, 0.5) is 24.7 Å². The summed E-state index contributed by atoms with van der Waals surface area (Å²) in [6.45, 7) is 1.07. The molecule has 1 amide bonds. The van der Waals surface area contributed by atoms with E-state index in [-0.39, 0.29) is 23.7 Å². The normalized spacial score (nSPS) is 16.2. The number of halogens is 4. The topological polar surface area (TPSA) is 70.2 Å². The Bertz CT molecular complexity index is 978. The maximum absolute atomic E-state index is 13.2.